The van der Waals surface area contributed by atoms with Crippen LogP contribution in [0.25, 0.3) is 0 Å². The Bertz CT molecular complexity index is 753. The highest BCUT2D eigenvalue weighted by Crippen LogP contribution is 2.17. The van der Waals surface area contributed by atoms with Gasteiger partial charge in [-0.15, -0.1) is 0 Å². The lowest BCUT2D eigenvalue weighted by molar-refractivity contribution is -0.140. The molecule has 2 aromatic rings. The molecule has 0 aromatic heterocycles. The van der Waals surface area contributed by atoms with Crippen molar-refractivity contribution in [1.82, 2.24) is 10.2 Å². The number of halogens is 1. The maximum atomic E-state index is 13.2. The molecule has 0 spiro atoms. The first kappa shape index (κ1) is 22.0. The molecular formula is C22H27FN2O2S. The number of amides is 2. The van der Waals surface area contributed by atoms with Crippen LogP contribution in [0.2, 0.25) is 0 Å². The lowest BCUT2D eigenvalue weighted by Crippen LogP contribution is -2.48. The summed E-state index contributed by atoms with van der Waals surface area (Å²) in [6.45, 7) is 2.17. The number of nitrogens with one attached hydrogen (secondary N) is 1. The number of likely N-dealkylation sites (N-methyl/N-ethyl adjacent to an activating group) is 1. The molecule has 2 amide bonds. The Morgan fingerprint density at radius 1 is 1.07 bits per heavy atom. The number of thioether (sulfide) groups is 1. The summed E-state index contributed by atoms with van der Waals surface area (Å²) in [4.78, 5) is 26.8. The van der Waals surface area contributed by atoms with Gasteiger partial charge >= 0.3 is 0 Å². The zero-order valence-corrected chi connectivity index (χ0v) is 17.2. The van der Waals surface area contributed by atoms with Crippen molar-refractivity contribution in [3.63, 3.8) is 0 Å². The van der Waals surface area contributed by atoms with Crippen LogP contribution in [0.1, 0.15) is 30.9 Å². The van der Waals surface area contributed by atoms with E-state index >= 15 is 0 Å². The molecule has 0 aliphatic carbocycles. The predicted octanol–water partition coefficient (Wildman–Crippen LogP) is 4.00. The Hall–Kier alpha value is -2.34. The van der Waals surface area contributed by atoms with Crippen molar-refractivity contribution in [2.45, 2.75) is 38.1 Å². The second-order valence-electron chi connectivity index (χ2n) is 6.47. The van der Waals surface area contributed by atoms with Crippen molar-refractivity contribution < 1.29 is 14.0 Å². The number of hydrogen-bond acceptors (Lipinski definition) is 3. The van der Waals surface area contributed by atoms with E-state index in [1.807, 2.05) is 25.1 Å². The normalized spacial score (nSPS) is 11.7. The molecule has 1 N–H and O–H groups in total. The molecule has 0 unspecified atom stereocenters. The van der Waals surface area contributed by atoms with Gasteiger partial charge in [0.1, 0.15) is 11.9 Å². The van der Waals surface area contributed by atoms with Gasteiger partial charge in [0.25, 0.3) is 0 Å². The molecule has 4 nitrogen and oxygen atoms in total. The minimum atomic E-state index is -0.540. The summed E-state index contributed by atoms with van der Waals surface area (Å²) in [5.41, 5.74) is 2.02. The highest BCUT2D eigenvalue weighted by atomic mass is 32.2. The molecule has 0 radical (unpaired) electrons. The second-order valence-corrected chi connectivity index (χ2v) is 7.58. The Labute approximate surface area is 170 Å². The van der Waals surface area contributed by atoms with Crippen LogP contribution >= 0.6 is 11.8 Å². The molecule has 0 fully saturated rings. The van der Waals surface area contributed by atoms with Gasteiger partial charge in [-0.3, -0.25) is 9.59 Å². The van der Waals surface area contributed by atoms with Gasteiger partial charge in [0.2, 0.25) is 11.8 Å². The summed E-state index contributed by atoms with van der Waals surface area (Å²) < 4.78 is 13.2. The first-order chi connectivity index (χ1) is 13.5. The van der Waals surface area contributed by atoms with E-state index < -0.39 is 6.04 Å². The van der Waals surface area contributed by atoms with Crippen molar-refractivity contribution in [3.8, 4) is 0 Å². The van der Waals surface area contributed by atoms with Gasteiger partial charge < -0.3 is 10.2 Å². The monoisotopic (exact) mass is 402 g/mol. The molecule has 0 aliphatic rings. The molecule has 150 valence electrons. The van der Waals surface area contributed by atoms with Crippen LogP contribution in [-0.2, 0) is 21.9 Å². The van der Waals surface area contributed by atoms with Crippen LogP contribution in [0.3, 0.4) is 0 Å². The van der Waals surface area contributed by atoms with E-state index in [9.17, 15) is 14.0 Å². The molecule has 0 bridgehead atoms. The lowest BCUT2D eigenvalue weighted by Gasteiger charge is -2.30. The van der Waals surface area contributed by atoms with E-state index in [2.05, 4.69) is 17.4 Å². The van der Waals surface area contributed by atoms with Crippen LogP contribution in [0.4, 0.5) is 4.39 Å². The van der Waals surface area contributed by atoms with Crippen molar-refractivity contribution in [1.29, 1.82) is 0 Å². The van der Waals surface area contributed by atoms with Gasteiger partial charge in [-0.2, -0.15) is 11.8 Å². The third-order valence-corrected chi connectivity index (χ3v) is 5.50. The molecule has 2 rings (SSSR count). The minimum Gasteiger partial charge on any atom is -0.357 e. The highest BCUT2D eigenvalue weighted by Gasteiger charge is 2.27. The Kier molecular flexibility index (Phi) is 9.01. The average molecular weight is 403 g/mol. The quantitative estimate of drug-likeness (QED) is 0.611. The Morgan fingerprint density at radius 3 is 2.36 bits per heavy atom. The van der Waals surface area contributed by atoms with Gasteiger partial charge in [0.05, 0.1) is 0 Å². The molecule has 0 saturated heterocycles. The molecule has 28 heavy (non-hydrogen) atoms. The molecule has 0 heterocycles. The first-order valence-electron chi connectivity index (χ1n) is 9.42. The summed E-state index contributed by atoms with van der Waals surface area (Å²) in [5, 5.41) is 2.64. The largest absolute Gasteiger partial charge is 0.357 e. The number of rotatable bonds is 10. The summed E-state index contributed by atoms with van der Waals surface area (Å²) in [6, 6.07) is 15.6. The fourth-order valence-corrected chi connectivity index (χ4v) is 3.83. The summed E-state index contributed by atoms with van der Waals surface area (Å²) in [6.07, 6.45) is 0.871. The molecule has 1 atom stereocenters. The van der Waals surface area contributed by atoms with Gasteiger partial charge in [-0.1, -0.05) is 49.4 Å². The number of hydrogen-bond donors (Lipinski definition) is 1. The van der Waals surface area contributed by atoms with Crippen molar-refractivity contribution in [3.05, 3.63) is 71.5 Å². The highest BCUT2D eigenvalue weighted by molar-refractivity contribution is 7.98. The van der Waals surface area contributed by atoms with E-state index in [0.29, 0.717) is 18.6 Å². The fraction of sp³-hybridized carbons (Fsp3) is 0.364. The van der Waals surface area contributed by atoms with Crippen LogP contribution < -0.4 is 5.32 Å². The number of carbonyl (C=O) groups is 2. The van der Waals surface area contributed by atoms with Crippen molar-refractivity contribution in [2.24, 2.45) is 0 Å². The summed E-state index contributed by atoms with van der Waals surface area (Å²) in [7, 11) is 1.57. The maximum Gasteiger partial charge on any atom is 0.242 e. The van der Waals surface area contributed by atoms with Gasteiger partial charge in [0.15, 0.2) is 0 Å². The van der Waals surface area contributed by atoms with Crippen molar-refractivity contribution in [2.75, 3.05) is 12.8 Å². The third kappa shape index (κ3) is 6.68. The zero-order valence-electron chi connectivity index (χ0n) is 16.4. The molecule has 2 aromatic carbocycles. The third-order valence-electron chi connectivity index (χ3n) is 4.47. The minimum absolute atomic E-state index is 0.0691. The molecular weight excluding hydrogens is 375 g/mol. The lowest BCUT2D eigenvalue weighted by atomic mass is 10.1. The fourth-order valence-electron chi connectivity index (χ4n) is 2.94. The van der Waals surface area contributed by atoms with Crippen molar-refractivity contribution >= 4 is 23.6 Å². The SMILES string of the molecule is CC[C@@H](C(=O)NC)N(Cc1ccc(F)cc1)C(=O)CCSCc1ccccc1. The van der Waals surface area contributed by atoms with E-state index in [1.54, 1.807) is 35.8 Å². The Balaban J connectivity index is 2.00. The number of carbonyl (C=O) groups excluding carboxylic acids is 2. The smallest absolute Gasteiger partial charge is 0.242 e. The van der Waals surface area contributed by atoms with Crippen LogP contribution in [0, 0.1) is 5.82 Å². The Morgan fingerprint density at radius 2 is 1.75 bits per heavy atom. The molecule has 0 saturated carbocycles. The number of nitrogens with zero attached hydrogens (tertiary/aromatic N) is 1. The summed E-state index contributed by atoms with van der Waals surface area (Å²) in [5.74, 6) is 0.948. The van der Waals surface area contributed by atoms with E-state index in [0.717, 1.165) is 11.3 Å². The average Bonchev–Trinajstić information content (AvgIpc) is 2.72. The second kappa shape index (κ2) is 11.5. The first-order valence-corrected chi connectivity index (χ1v) is 10.6. The van der Waals surface area contributed by atoms with Gasteiger partial charge in [-0.25, -0.2) is 4.39 Å². The number of benzene rings is 2. The van der Waals surface area contributed by atoms with Gasteiger partial charge in [0, 0.05) is 31.5 Å². The predicted molar refractivity (Wildman–Crippen MR) is 112 cm³/mol. The molecule has 6 heteroatoms. The molecule has 0 aliphatic heterocycles. The topological polar surface area (TPSA) is 49.4 Å². The van der Waals surface area contributed by atoms with Crippen LogP contribution in [-0.4, -0.2) is 35.6 Å². The van der Waals surface area contributed by atoms with E-state index in [4.69, 9.17) is 0 Å². The van der Waals surface area contributed by atoms with Crippen LogP contribution in [0.5, 0.6) is 0 Å². The van der Waals surface area contributed by atoms with Crippen LogP contribution in [0.15, 0.2) is 54.6 Å². The maximum absolute atomic E-state index is 13.2. The summed E-state index contributed by atoms with van der Waals surface area (Å²) >= 11 is 1.70. The van der Waals surface area contributed by atoms with Gasteiger partial charge in [-0.05, 0) is 29.7 Å². The van der Waals surface area contributed by atoms with E-state index in [-0.39, 0.29) is 24.2 Å². The standard InChI is InChI=1S/C22H27FN2O2S/c1-3-20(22(27)24-2)25(15-17-9-11-19(23)12-10-17)21(26)13-14-28-16-18-7-5-4-6-8-18/h4-12,20H,3,13-16H2,1-2H3,(H,24,27)/t20-/m0/s1. The van der Waals surface area contributed by atoms with E-state index in [1.165, 1.54) is 17.7 Å². The zero-order chi connectivity index (χ0) is 20.4.